The number of pyridine rings is 1. The van der Waals surface area contributed by atoms with Gasteiger partial charge in [0.15, 0.2) is 0 Å². The third-order valence-corrected chi connectivity index (χ3v) is 4.43. The van der Waals surface area contributed by atoms with Crippen LogP contribution in [-0.4, -0.2) is 26.3 Å². The van der Waals surface area contributed by atoms with Crippen molar-refractivity contribution in [3.8, 4) is 11.4 Å². The summed E-state index contributed by atoms with van der Waals surface area (Å²) < 4.78 is 6.32. The third kappa shape index (κ3) is 2.21. The molecule has 0 amide bonds. The highest BCUT2D eigenvalue weighted by Crippen LogP contribution is 2.34. The number of aliphatic hydroxyl groups is 1. The van der Waals surface area contributed by atoms with Crippen LogP contribution < -0.4 is 0 Å². The molecule has 3 aromatic rings. The maximum Gasteiger partial charge on any atom is 0.229 e. The molecule has 0 spiro atoms. The smallest absolute Gasteiger partial charge is 0.229 e. The van der Waals surface area contributed by atoms with E-state index >= 15 is 0 Å². The first kappa shape index (κ1) is 12.0. The van der Waals surface area contributed by atoms with Crippen molar-refractivity contribution in [3.63, 3.8) is 0 Å². The first-order chi connectivity index (χ1) is 9.79. The maximum absolute atomic E-state index is 9.90. The molecule has 3 heterocycles. The Labute approximate surface area is 119 Å². The summed E-state index contributed by atoms with van der Waals surface area (Å²) in [5, 5.41) is 15.9. The fraction of sp³-hybridized carbons (Fsp3) is 0.357. The monoisotopic (exact) mass is 287 g/mol. The summed E-state index contributed by atoms with van der Waals surface area (Å²) in [5.74, 6) is 1.44. The quantitative estimate of drug-likeness (QED) is 0.798. The van der Waals surface area contributed by atoms with Crippen LogP contribution in [0.25, 0.3) is 21.6 Å². The summed E-state index contributed by atoms with van der Waals surface area (Å²) >= 11 is 1.64. The first-order valence-electron chi connectivity index (χ1n) is 6.64. The van der Waals surface area contributed by atoms with Gasteiger partial charge in [-0.2, -0.15) is 4.98 Å². The Morgan fingerprint density at radius 1 is 1.45 bits per heavy atom. The molecule has 1 aliphatic carbocycles. The van der Waals surface area contributed by atoms with Crippen molar-refractivity contribution in [2.24, 2.45) is 5.92 Å². The molecule has 102 valence electrons. The van der Waals surface area contributed by atoms with E-state index in [-0.39, 0.29) is 6.10 Å². The highest BCUT2D eigenvalue weighted by Gasteiger charge is 2.31. The van der Waals surface area contributed by atoms with Crippen LogP contribution in [0, 0.1) is 5.92 Å². The zero-order valence-electron chi connectivity index (χ0n) is 10.7. The van der Waals surface area contributed by atoms with E-state index in [1.165, 1.54) is 0 Å². The molecule has 0 aliphatic heterocycles. The number of fused-ring (bicyclic) bond motifs is 1. The molecule has 3 aromatic heterocycles. The van der Waals surface area contributed by atoms with E-state index in [1.807, 2.05) is 17.5 Å². The molecule has 1 unspecified atom stereocenters. The van der Waals surface area contributed by atoms with Crippen LogP contribution in [0.1, 0.15) is 18.7 Å². The lowest BCUT2D eigenvalue weighted by molar-refractivity contribution is 0.140. The van der Waals surface area contributed by atoms with Crippen LogP contribution in [0.5, 0.6) is 0 Å². The molecule has 1 N–H and O–H groups in total. The zero-order valence-corrected chi connectivity index (χ0v) is 11.5. The van der Waals surface area contributed by atoms with Crippen molar-refractivity contribution in [2.45, 2.75) is 25.4 Å². The normalized spacial score (nSPS) is 16.6. The molecule has 20 heavy (non-hydrogen) atoms. The second-order valence-corrected chi connectivity index (χ2v) is 6.10. The highest BCUT2D eigenvalue weighted by atomic mass is 32.1. The summed E-state index contributed by atoms with van der Waals surface area (Å²) in [7, 11) is 0. The van der Waals surface area contributed by atoms with Gasteiger partial charge in [0.05, 0.1) is 22.7 Å². The van der Waals surface area contributed by atoms with Gasteiger partial charge in [0.2, 0.25) is 11.7 Å². The summed E-state index contributed by atoms with van der Waals surface area (Å²) in [5.41, 5.74) is 1.82. The van der Waals surface area contributed by atoms with Gasteiger partial charge in [-0.3, -0.25) is 4.98 Å². The molecule has 1 aliphatic rings. The summed E-state index contributed by atoms with van der Waals surface area (Å²) in [6.07, 6.45) is 4.02. The molecule has 1 fully saturated rings. The molecule has 6 heteroatoms. The molecule has 0 bridgehead atoms. The number of aliphatic hydroxyl groups excluding tert-OH is 1. The molecule has 0 aromatic carbocycles. The lowest BCUT2D eigenvalue weighted by Crippen LogP contribution is -2.12. The van der Waals surface area contributed by atoms with Gasteiger partial charge in [-0.1, -0.05) is 5.16 Å². The van der Waals surface area contributed by atoms with E-state index in [1.54, 1.807) is 17.5 Å². The number of nitrogens with zero attached hydrogens (tertiary/aromatic N) is 3. The van der Waals surface area contributed by atoms with Gasteiger partial charge >= 0.3 is 0 Å². The van der Waals surface area contributed by atoms with E-state index in [4.69, 9.17) is 4.52 Å². The van der Waals surface area contributed by atoms with Crippen LogP contribution in [0.2, 0.25) is 0 Å². The van der Waals surface area contributed by atoms with Gasteiger partial charge in [-0.15, -0.1) is 11.3 Å². The highest BCUT2D eigenvalue weighted by molar-refractivity contribution is 7.17. The number of aromatic nitrogens is 3. The summed E-state index contributed by atoms with van der Waals surface area (Å²) in [4.78, 5) is 8.71. The van der Waals surface area contributed by atoms with Gasteiger partial charge in [0, 0.05) is 11.8 Å². The Morgan fingerprint density at radius 2 is 2.35 bits per heavy atom. The van der Waals surface area contributed by atoms with E-state index in [0.29, 0.717) is 24.1 Å². The number of hydrogen-bond donors (Lipinski definition) is 1. The van der Waals surface area contributed by atoms with Gasteiger partial charge in [-0.25, -0.2) is 0 Å². The lowest BCUT2D eigenvalue weighted by atomic mass is 10.2. The number of rotatable bonds is 4. The molecule has 4 rings (SSSR count). The van der Waals surface area contributed by atoms with Gasteiger partial charge in [0.25, 0.3) is 0 Å². The Kier molecular flexibility index (Phi) is 2.78. The lowest BCUT2D eigenvalue weighted by Gasteiger charge is -2.03. The topological polar surface area (TPSA) is 72.0 Å². The van der Waals surface area contributed by atoms with E-state index < -0.39 is 0 Å². The van der Waals surface area contributed by atoms with Crippen molar-refractivity contribution in [1.82, 2.24) is 15.1 Å². The molecule has 0 radical (unpaired) electrons. The molecular formula is C14H13N3O2S. The summed E-state index contributed by atoms with van der Waals surface area (Å²) in [6.45, 7) is 0. The minimum Gasteiger partial charge on any atom is -0.392 e. The number of thiophene rings is 1. The van der Waals surface area contributed by atoms with Crippen LogP contribution in [0.4, 0.5) is 0 Å². The van der Waals surface area contributed by atoms with Crippen LogP contribution in [-0.2, 0) is 6.42 Å². The fourth-order valence-corrected chi connectivity index (χ4v) is 3.03. The number of hydrogen-bond acceptors (Lipinski definition) is 6. The van der Waals surface area contributed by atoms with Gasteiger partial charge in [-0.05, 0) is 36.3 Å². The van der Waals surface area contributed by atoms with Crippen molar-refractivity contribution in [1.29, 1.82) is 0 Å². The summed E-state index contributed by atoms with van der Waals surface area (Å²) in [6, 6.07) is 4.00. The van der Waals surface area contributed by atoms with Crippen LogP contribution in [0.15, 0.2) is 28.2 Å². The third-order valence-electron chi connectivity index (χ3n) is 3.58. The van der Waals surface area contributed by atoms with Gasteiger partial charge < -0.3 is 9.63 Å². The van der Waals surface area contributed by atoms with Crippen molar-refractivity contribution < 1.29 is 9.63 Å². The zero-order chi connectivity index (χ0) is 13.5. The van der Waals surface area contributed by atoms with Crippen molar-refractivity contribution in [3.05, 3.63) is 29.6 Å². The predicted molar refractivity (Wildman–Crippen MR) is 75.3 cm³/mol. The second kappa shape index (κ2) is 4.64. The fourth-order valence-electron chi connectivity index (χ4n) is 2.25. The maximum atomic E-state index is 9.90. The van der Waals surface area contributed by atoms with E-state index in [0.717, 1.165) is 28.6 Å². The molecule has 0 saturated heterocycles. The largest absolute Gasteiger partial charge is 0.392 e. The predicted octanol–water partition coefficient (Wildman–Crippen LogP) is 2.66. The van der Waals surface area contributed by atoms with Gasteiger partial charge in [0.1, 0.15) is 0 Å². The van der Waals surface area contributed by atoms with Crippen LogP contribution >= 0.6 is 11.3 Å². The van der Waals surface area contributed by atoms with E-state index in [9.17, 15) is 5.11 Å². The molecular weight excluding hydrogens is 274 g/mol. The van der Waals surface area contributed by atoms with Crippen LogP contribution in [0.3, 0.4) is 0 Å². The Hall–Kier alpha value is -1.79. The average molecular weight is 287 g/mol. The van der Waals surface area contributed by atoms with Crippen molar-refractivity contribution in [2.75, 3.05) is 0 Å². The SMILES string of the molecule is OC(Cc1nc(-c2cnc3ccsc3c2)no1)C1CC1. The average Bonchev–Trinajstić information content (AvgIpc) is 3.03. The Balaban J connectivity index is 1.59. The molecule has 1 atom stereocenters. The minimum atomic E-state index is -0.360. The Morgan fingerprint density at radius 3 is 3.20 bits per heavy atom. The van der Waals surface area contributed by atoms with Crippen molar-refractivity contribution >= 4 is 21.6 Å². The Bertz CT molecular complexity index is 748. The second-order valence-electron chi connectivity index (χ2n) is 5.15. The molecule has 5 nitrogen and oxygen atoms in total. The first-order valence-corrected chi connectivity index (χ1v) is 7.52. The standard InChI is InChI=1S/C14H13N3O2S/c18-11(8-1-2-8)6-13-16-14(17-19-13)9-5-12-10(15-7-9)3-4-20-12/h3-5,7-8,11,18H,1-2,6H2. The van der Waals surface area contributed by atoms with E-state index in [2.05, 4.69) is 15.1 Å². The molecule has 1 saturated carbocycles. The minimum absolute atomic E-state index is 0.360.